The molecule has 8 atom stereocenters. The Labute approximate surface area is 209 Å². The number of Topliss-reactive ketones (excluding diaryl/α,β-unsaturated/α-hetero) is 1. The van der Waals surface area contributed by atoms with Crippen LogP contribution in [0.4, 0.5) is 8.78 Å². The minimum atomic E-state index is -2.30. The molecule has 4 rings (SSSR count). The van der Waals surface area contributed by atoms with E-state index in [4.69, 9.17) is 9.47 Å². The predicted octanol–water partition coefficient (Wildman–Crippen LogP) is 3.52. The molecule has 9 heteroatoms. The molecule has 4 aliphatic rings. The summed E-state index contributed by atoms with van der Waals surface area (Å²) in [4.78, 5) is 49.6. The number of hydrogen-bond acceptors (Lipinski definition) is 7. The highest BCUT2D eigenvalue weighted by Gasteiger charge is 2.76. The molecular formula is C27H34F2O7. The van der Waals surface area contributed by atoms with Crippen LogP contribution in [0, 0.1) is 22.7 Å². The number of rotatable bonds is 6. The van der Waals surface area contributed by atoms with Crippen molar-refractivity contribution in [3.63, 3.8) is 0 Å². The number of fused-ring (bicyclic) bond motifs is 5. The lowest BCUT2D eigenvalue weighted by atomic mass is 9.44. The van der Waals surface area contributed by atoms with E-state index in [-0.39, 0.29) is 37.7 Å². The van der Waals surface area contributed by atoms with Crippen LogP contribution in [-0.2, 0) is 28.7 Å². The van der Waals surface area contributed by atoms with Gasteiger partial charge in [0.25, 0.3) is 0 Å². The van der Waals surface area contributed by atoms with Gasteiger partial charge in [0.15, 0.2) is 23.7 Å². The summed E-state index contributed by atoms with van der Waals surface area (Å²) in [5, 5.41) is 11.4. The first-order valence-corrected chi connectivity index (χ1v) is 12.6. The fourth-order valence-electron chi connectivity index (χ4n) is 7.61. The summed E-state index contributed by atoms with van der Waals surface area (Å²) in [5.74, 6) is -3.96. The van der Waals surface area contributed by atoms with Crippen LogP contribution in [0.15, 0.2) is 23.8 Å². The van der Waals surface area contributed by atoms with E-state index >= 15 is 8.78 Å². The summed E-state index contributed by atoms with van der Waals surface area (Å²) in [5.41, 5.74) is -6.80. The van der Waals surface area contributed by atoms with Crippen LogP contribution < -0.4 is 0 Å². The minimum Gasteiger partial charge on any atom is -0.458 e. The zero-order valence-electron chi connectivity index (χ0n) is 21.1. The average Bonchev–Trinajstić information content (AvgIpc) is 3.08. The number of aliphatic hydroxyl groups excluding tert-OH is 1. The van der Waals surface area contributed by atoms with Crippen molar-refractivity contribution in [2.75, 3.05) is 6.61 Å². The molecule has 3 saturated carbocycles. The van der Waals surface area contributed by atoms with Gasteiger partial charge >= 0.3 is 11.9 Å². The maximum Gasteiger partial charge on any atom is 0.306 e. The first-order valence-electron chi connectivity index (χ1n) is 12.6. The average molecular weight is 509 g/mol. The Balaban J connectivity index is 1.80. The van der Waals surface area contributed by atoms with Gasteiger partial charge in [0.2, 0.25) is 5.78 Å². The highest BCUT2D eigenvalue weighted by atomic mass is 19.1. The van der Waals surface area contributed by atoms with E-state index in [1.165, 1.54) is 19.1 Å². The van der Waals surface area contributed by atoms with Crippen molar-refractivity contribution in [2.45, 2.75) is 89.8 Å². The van der Waals surface area contributed by atoms with Crippen LogP contribution in [-0.4, -0.2) is 58.8 Å². The van der Waals surface area contributed by atoms with Crippen molar-refractivity contribution < 1.29 is 42.5 Å². The molecule has 0 radical (unpaired) electrons. The molecule has 4 aliphatic carbocycles. The van der Waals surface area contributed by atoms with Gasteiger partial charge in [-0.25, -0.2) is 8.78 Å². The number of carbonyl (C=O) groups excluding carboxylic acids is 4. The van der Waals surface area contributed by atoms with E-state index in [1.54, 1.807) is 13.8 Å². The molecule has 0 saturated heterocycles. The maximum atomic E-state index is 17.2. The van der Waals surface area contributed by atoms with Crippen LogP contribution in [0.1, 0.15) is 66.2 Å². The summed E-state index contributed by atoms with van der Waals surface area (Å²) < 4.78 is 43.6. The predicted molar refractivity (Wildman–Crippen MR) is 124 cm³/mol. The molecule has 0 aromatic rings. The lowest BCUT2D eigenvalue weighted by Gasteiger charge is -2.63. The van der Waals surface area contributed by atoms with Crippen LogP contribution >= 0.6 is 0 Å². The number of ketones is 2. The second kappa shape index (κ2) is 8.85. The van der Waals surface area contributed by atoms with Crippen molar-refractivity contribution in [3.05, 3.63) is 23.8 Å². The molecule has 198 valence electrons. The van der Waals surface area contributed by atoms with Gasteiger partial charge in [-0.2, -0.15) is 0 Å². The highest BCUT2D eigenvalue weighted by Crippen LogP contribution is 2.70. The molecule has 3 fully saturated rings. The van der Waals surface area contributed by atoms with Crippen molar-refractivity contribution in [3.8, 4) is 0 Å². The molecular weight excluding hydrogens is 474 g/mol. The topological polar surface area (TPSA) is 107 Å². The first-order chi connectivity index (χ1) is 16.8. The van der Waals surface area contributed by atoms with Crippen molar-refractivity contribution in [1.82, 2.24) is 0 Å². The second-order valence-corrected chi connectivity index (χ2v) is 11.2. The Bertz CT molecular complexity index is 1050. The van der Waals surface area contributed by atoms with Gasteiger partial charge in [0.05, 0.1) is 6.10 Å². The maximum absolute atomic E-state index is 17.2. The van der Waals surface area contributed by atoms with Crippen LogP contribution in [0.2, 0.25) is 0 Å². The third-order valence-electron chi connectivity index (χ3n) is 9.35. The molecule has 0 aliphatic heterocycles. The highest BCUT2D eigenvalue weighted by molar-refractivity contribution is 6.01. The Morgan fingerprint density at radius 1 is 1.22 bits per heavy atom. The van der Waals surface area contributed by atoms with Gasteiger partial charge < -0.3 is 14.6 Å². The molecule has 0 aromatic heterocycles. The quantitative estimate of drug-likeness (QED) is 0.547. The van der Waals surface area contributed by atoms with E-state index in [0.29, 0.717) is 6.42 Å². The van der Waals surface area contributed by atoms with E-state index in [2.05, 4.69) is 0 Å². The Kier molecular flexibility index (Phi) is 6.55. The number of carbonyl (C=O) groups is 4. The largest absolute Gasteiger partial charge is 0.458 e. The Morgan fingerprint density at radius 2 is 1.92 bits per heavy atom. The van der Waals surface area contributed by atoms with Crippen molar-refractivity contribution >= 4 is 23.5 Å². The van der Waals surface area contributed by atoms with Gasteiger partial charge in [0, 0.05) is 30.1 Å². The van der Waals surface area contributed by atoms with Crippen LogP contribution in [0.25, 0.3) is 0 Å². The Hall–Kier alpha value is -2.42. The molecule has 0 heterocycles. The zero-order valence-corrected chi connectivity index (χ0v) is 21.1. The fourth-order valence-corrected chi connectivity index (χ4v) is 7.61. The first kappa shape index (κ1) is 26.6. The van der Waals surface area contributed by atoms with Gasteiger partial charge in [-0.15, -0.1) is 0 Å². The lowest BCUT2D eigenvalue weighted by Crippen LogP contribution is -2.70. The minimum absolute atomic E-state index is 0.0148. The van der Waals surface area contributed by atoms with Crippen molar-refractivity contribution in [2.24, 2.45) is 22.7 Å². The van der Waals surface area contributed by atoms with Gasteiger partial charge in [-0.05, 0) is 62.7 Å². The third kappa shape index (κ3) is 3.52. The smallest absolute Gasteiger partial charge is 0.306 e. The molecule has 2 unspecified atom stereocenters. The zero-order chi connectivity index (χ0) is 26.7. The van der Waals surface area contributed by atoms with Gasteiger partial charge in [-0.1, -0.05) is 19.9 Å². The van der Waals surface area contributed by atoms with Crippen molar-refractivity contribution in [1.29, 1.82) is 0 Å². The standard InChI is InChI=1S/C27H34F2O7/c1-5-6-23(34)36-26(22(33)14-35-15(2)30)10-8-17-18-12-20(28)19-11-16(31)7-9-24(19,3)27(18,29)21(32)13-25(17,26)4/h7,9,11,17-18,20-21,32H,5-6,8,10,12-14H2,1-4H3/t17-,18-,20-,21?,24-,25-,26-,27?/m0/s1. The molecule has 7 nitrogen and oxygen atoms in total. The van der Waals surface area contributed by atoms with Crippen LogP contribution in [0.3, 0.4) is 0 Å². The fraction of sp³-hybridized carbons (Fsp3) is 0.704. The monoisotopic (exact) mass is 508 g/mol. The van der Waals surface area contributed by atoms with Gasteiger partial charge in [0.1, 0.15) is 6.17 Å². The number of allylic oxidation sites excluding steroid dienone is 4. The second-order valence-electron chi connectivity index (χ2n) is 11.2. The summed E-state index contributed by atoms with van der Waals surface area (Å²) in [7, 11) is 0. The number of hydrogen-bond donors (Lipinski definition) is 1. The molecule has 0 aromatic carbocycles. The van der Waals surface area contributed by atoms with Crippen LogP contribution in [0.5, 0.6) is 0 Å². The molecule has 0 bridgehead atoms. The molecule has 1 N–H and O–H groups in total. The summed E-state index contributed by atoms with van der Waals surface area (Å²) in [6.07, 6.45) is 0.783. The summed E-state index contributed by atoms with van der Waals surface area (Å²) in [6.45, 7) is 5.50. The lowest BCUT2D eigenvalue weighted by molar-refractivity contribution is -0.229. The number of esters is 2. The molecule has 0 spiro atoms. The summed E-state index contributed by atoms with van der Waals surface area (Å²) >= 11 is 0. The third-order valence-corrected chi connectivity index (χ3v) is 9.35. The number of alkyl halides is 2. The Morgan fingerprint density at radius 3 is 2.56 bits per heavy atom. The number of aliphatic hydroxyl groups is 1. The SMILES string of the molecule is CCCC(=O)O[C@]1(C(=O)COC(C)=O)CC[C@H]2[C@@H]3C[C@H](F)C4=CC(=O)C=C[C@]4(C)C3(F)C(O)C[C@@]21C. The van der Waals surface area contributed by atoms with E-state index < -0.39 is 76.3 Å². The van der Waals surface area contributed by atoms with Gasteiger partial charge in [-0.3, -0.25) is 19.2 Å². The van der Waals surface area contributed by atoms with E-state index in [1.807, 2.05) is 0 Å². The number of ether oxygens (including phenoxy) is 2. The molecule has 0 amide bonds. The molecule has 36 heavy (non-hydrogen) atoms. The van der Waals surface area contributed by atoms with E-state index in [9.17, 15) is 24.3 Å². The van der Waals surface area contributed by atoms with E-state index in [0.717, 1.165) is 13.0 Å². The summed E-state index contributed by atoms with van der Waals surface area (Å²) in [6, 6.07) is 0. The normalized spacial score (nSPS) is 43.1. The number of halogens is 2.